The van der Waals surface area contributed by atoms with Gasteiger partial charge in [0.15, 0.2) is 5.60 Å². The van der Waals surface area contributed by atoms with Gasteiger partial charge in [-0.05, 0) is 125 Å². The van der Waals surface area contributed by atoms with Crippen LogP contribution in [0.4, 0.5) is 19.7 Å². The number of fused-ring (bicyclic) bond motifs is 5. The summed E-state index contributed by atoms with van der Waals surface area (Å²) in [6.07, 6.45) is 4.37. The first-order valence-electron chi connectivity index (χ1n) is 36.3. The van der Waals surface area contributed by atoms with E-state index in [1.165, 1.54) is 10.6 Å². The van der Waals surface area contributed by atoms with Crippen LogP contribution in [-0.2, 0) is 103 Å². The molecule has 34 heteroatoms. The van der Waals surface area contributed by atoms with Crippen molar-refractivity contribution in [2.75, 3.05) is 97.8 Å². The number of carbonyl (C=O) groups excluding carboxylic acids is 9. The lowest BCUT2D eigenvalue weighted by Gasteiger charge is -2.31. The Labute approximate surface area is 619 Å². The van der Waals surface area contributed by atoms with Crippen molar-refractivity contribution < 1.29 is 90.5 Å². The van der Waals surface area contributed by atoms with Crippen molar-refractivity contribution in [2.45, 2.75) is 174 Å². The zero-order chi connectivity index (χ0) is 77.4. The molecule has 4 aromatic rings. The summed E-state index contributed by atoms with van der Waals surface area (Å²) in [6, 6.07) is 5.56. The molecule has 2 aliphatic carbocycles. The molecule has 107 heavy (non-hydrogen) atoms. The maximum atomic E-state index is 15.4. The molecule has 2 aromatic heterocycles. The third kappa shape index (κ3) is 23.5. The number of aromatic nitrogens is 2. The van der Waals surface area contributed by atoms with E-state index in [1.807, 2.05) is 0 Å². The molecular weight excluding hydrogens is 1400 g/mol. The zero-order valence-corrected chi connectivity index (χ0v) is 61.9. The molecule has 33 nitrogen and oxygen atoms in total. The van der Waals surface area contributed by atoms with Crippen LogP contribution >= 0.6 is 0 Å². The van der Waals surface area contributed by atoms with Gasteiger partial charge in [-0.15, -0.1) is 0 Å². The fourth-order valence-corrected chi connectivity index (χ4v) is 13.0. The predicted molar refractivity (Wildman–Crippen MR) is 387 cm³/mol. The molecular formula is C73H103FN14O19. The highest BCUT2D eigenvalue weighted by Gasteiger charge is 2.46. The molecule has 9 amide bonds. The van der Waals surface area contributed by atoms with Crippen LogP contribution in [-0.4, -0.2) is 184 Å². The lowest BCUT2D eigenvalue weighted by molar-refractivity contribution is -0.172. The van der Waals surface area contributed by atoms with Crippen LogP contribution in [0.1, 0.15) is 151 Å². The number of primary amides is 1. The number of pyridine rings is 2. The minimum atomic E-state index is -2.06. The van der Waals surface area contributed by atoms with Crippen molar-refractivity contribution in [3.8, 4) is 11.4 Å². The van der Waals surface area contributed by atoms with Crippen LogP contribution in [0, 0.1) is 18.7 Å². The van der Waals surface area contributed by atoms with E-state index in [0.29, 0.717) is 103 Å². The molecule has 2 unspecified atom stereocenters. The Kier molecular flexibility index (Phi) is 31.1. The summed E-state index contributed by atoms with van der Waals surface area (Å²) in [6.45, 7) is 13.4. The number of carbonyl (C=O) groups is 9. The highest BCUT2D eigenvalue weighted by molar-refractivity contribution is 5.99. The number of nitrogens with zero attached hydrogens (tertiary/aromatic N) is 2. The third-order valence-electron chi connectivity index (χ3n) is 18.5. The van der Waals surface area contributed by atoms with Gasteiger partial charge in [0.05, 0.1) is 93.6 Å². The summed E-state index contributed by atoms with van der Waals surface area (Å²) < 4.78 is 61.2. The Morgan fingerprint density at radius 2 is 1.50 bits per heavy atom. The monoisotopic (exact) mass is 1500 g/mol. The van der Waals surface area contributed by atoms with E-state index in [9.17, 15) is 53.1 Å². The predicted octanol–water partition coefficient (Wildman–Crippen LogP) is 2.64. The number of urea groups is 1. The maximum absolute atomic E-state index is 15.4. The third-order valence-corrected chi connectivity index (χ3v) is 18.5. The van der Waals surface area contributed by atoms with Crippen LogP contribution in [0.2, 0.25) is 0 Å². The molecule has 0 spiro atoms. The summed E-state index contributed by atoms with van der Waals surface area (Å²) in [5.41, 5.74) is 11.6. The lowest BCUT2D eigenvalue weighted by Crippen LogP contribution is -2.54. The number of aryl methyl sites for hydroxylation is 1. The largest absolute Gasteiger partial charge is 0.458 e. The molecule has 2 aromatic carbocycles. The number of aliphatic hydroxyl groups is 1. The number of rotatable bonds is 40. The number of amides is 9. The minimum Gasteiger partial charge on any atom is -0.458 e. The fourth-order valence-electron chi connectivity index (χ4n) is 13.0. The van der Waals surface area contributed by atoms with Crippen molar-refractivity contribution in [3.05, 3.63) is 103 Å². The summed E-state index contributed by atoms with van der Waals surface area (Å²) >= 11 is 0. The average molecular weight is 1500 g/mol. The number of nitrogens with two attached hydrogens (primary N) is 2. The van der Waals surface area contributed by atoms with Gasteiger partial charge < -0.3 is 107 Å². The van der Waals surface area contributed by atoms with E-state index in [0.717, 1.165) is 49.1 Å². The number of hydrogen-bond donors (Lipinski definition) is 13. The number of hydrazine groups is 1. The van der Waals surface area contributed by atoms with E-state index in [-0.39, 0.29) is 107 Å². The van der Waals surface area contributed by atoms with Crippen LogP contribution in [0.15, 0.2) is 52.6 Å². The minimum absolute atomic E-state index is 0.0418. The van der Waals surface area contributed by atoms with Gasteiger partial charge in [-0.1, -0.05) is 45.7 Å². The number of alkyl carbamates (subject to hydrolysis) is 1. The molecule has 4 aliphatic rings. The van der Waals surface area contributed by atoms with Crippen LogP contribution in [0.25, 0.3) is 22.3 Å². The van der Waals surface area contributed by atoms with Gasteiger partial charge >= 0.3 is 18.1 Å². The van der Waals surface area contributed by atoms with Crippen molar-refractivity contribution in [2.24, 2.45) is 17.5 Å². The SMILES string of the molecule is CC[C@@]1(O)C(=O)OCc2c1cc1n(c2=O)Cc2c-1nc1cc(F)c(C)c3c1c2C(NC(=O)COCNC(=O)CNC(=O)OCc1ccc(NC(=O)[C@H](CCCNC(N)=O)NC(=O)[C@@H](NC(=O)CCOCCOCCOCCOCCNC(=O)COC2CCCCC/C(NC(C)(C)C)=C\2NN)C(C)C)cc1)CC3. The maximum Gasteiger partial charge on any atom is 0.407 e. The molecule has 4 heterocycles. The summed E-state index contributed by atoms with van der Waals surface area (Å²) in [5.74, 6) is 1.03. The second kappa shape index (κ2) is 40.0. The molecule has 0 fully saturated rings. The van der Waals surface area contributed by atoms with Gasteiger partial charge in [0.1, 0.15) is 63.7 Å². The normalized spacial score (nSPS) is 17.9. The molecule has 586 valence electrons. The molecule has 15 N–H and O–H groups in total. The molecule has 2 aliphatic heterocycles. The number of hydrogen-bond acceptors (Lipinski definition) is 23. The molecule has 5 atom stereocenters. The van der Waals surface area contributed by atoms with E-state index in [1.54, 1.807) is 58.0 Å². The summed E-state index contributed by atoms with van der Waals surface area (Å²) in [4.78, 5) is 135. The number of benzene rings is 2. The van der Waals surface area contributed by atoms with E-state index >= 15 is 4.39 Å². The Hall–Kier alpha value is -9.42. The second-order valence-electron chi connectivity index (χ2n) is 27.8. The number of allylic oxidation sites excluding steroid dienone is 1. The topological polar surface area (TPSA) is 455 Å². The molecule has 0 saturated carbocycles. The first-order valence-corrected chi connectivity index (χ1v) is 36.3. The molecule has 0 radical (unpaired) electrons. The highest BCUT2D eigenvalue weighted by atomic mass is 19.1. The summed E-state index contributed by atoms with van der Waals surface area (Å²) in [7, 11) is 0. The highest BCUT2D eigenvalue weighted by Crippen LogP contribution is 2.46. The smallest absolute Gasteiger partial charge is 0.407 e. The quantitative estimate of drug-likeness (QED) is 0.00881. The van der Waals surface area contributed by atoms with Crippen molar-refractivity contribution >= 4 is 70.1 Å². The van der Waals surface area contributed by atoms with Crippen LogP contribution < -0.4 is 70.4 Å². The lowest BCUT2D eigenvalue weighted by atomic mass is 9.81. The van der Waals surface area contributed by atoms with Gasteiger partial charge in [0.2, 0.25) is 35.4 Å². The molecule has 0 bridgehead atoms. The first-order chi connectivity index (χ1) is 51.2. The standard InChI is InChI=1S/C73H103FN14O19/c1-8-73(99)49-33-55-64-47(36-88(55)68(95)48(49)38-106-69(73)96)62-51(21-20-46-43(4)50(74)34-54(83-64)61(46)62)82-60(92)39-104-41-80-58(90)35-79-71(98)107-37-44-16-18-45(19-17-44)81-66(93)53(14-12-23-78-70(75)97)84-67(94)63(42(2)3)85-57(89)22-25-100-27-29-102-31-32-103-30-28-101-26-24-77-59(91)40-105-56-15-11-9-10-13-52(65(56)87-76)86-72(5,6)7/h16-19,33-34,42,51,53,56,63,86-87,99H,8-15,20-32,35-41,76H2,1-7H3,(H,77,91)(H,79,98)(H,80,90)(H,81,93)(H,82,92)(H,84,94)(H,85,89)(H3,75,78,97)/b65-52-/t51?,53-,56?,63-,73-/m0/s1. The number of nitrogens with one attached hydrogen (secondary N) is 10. The summed E-state index contributed by atoms with van der Waals surface area (Å²) in [5, 5.41) is 36.8. The van der Waals surface area contributed by atoms with Gasteiger partial charge in [0, 0.05) is 59.0 Å². The molecule has 0 saturated heterocycles. The fraction of sp³-hybridized carbons (Fsp3) is 0.575. The van der Waals surface area contributed by atoms with Gasteiger partial charge in [-0.25, -0.2) is 23.8 Å². The van der Waals surface area contributed by atoms with E-state index < -0.39 is 109 Å². The second-order valence-corrected chi connectivity index (χ2v) is 27.8. The number of halogens is 1. The van der Waals surface area contributed by atoms with Gasteiger partial charge in [0.25, 0.3) is 5.56 Å². The van der Waals surface area contributed by atoms with Gasteiger partial charge in [-0.3, -0.25) is 39.4 Å². The van der Waals surface area contributed by atoms with Crippen LogP contribution in [0.3, 0.4) is 0 Å². The van der Waals surface area contributed by atoms with Crippen molar-refractivity contribution in [1.29, 1.82) is 0 Å². The average Bonchev–Trinajstić information content (AvgIpc) is 1.59. The number of esters is 1. The zero-order valence-electron chi connectivity index (χ0n) is 61.9. The van der Waals surface area contributed by atoms with Crippen molar-refractivity contribution in [1.82, 2.24) is 57.5 Å². The number of ether oxygens (including phenoxy) is 8. The Balaban J connectivity index is 0.684. The Morgan fingerprint density at radius 3 is 2.18 bits per heavy atom. The van der Waals surface area contributed by atoms with E-state index in [2.05, 4.69) is 74.0 Å². The van der Waals surface area contributed by atoms with Crippen molar-refractivity contribution in [3.63, 3.8) is 0 Å². The molecule has 8 rings (SSSR count). The van der Waals surface area contributed by atoms with E-state index in [4.69, 9.17) is 54.5 Å². The van der Waals surface area contributed by atoms with Crippen LogP contribution in [0.5, 0.6) is 0 Å². The Bertz CT molecular complexity index is 3920. The Morgan fingerprint density at radius 1 is 0.785 bits per heavy atom. The number of anilines is 1. The number of cyclic esters (lactones) is 1. The van der Waals surface area contributed by atoms with Gasteiger partial charge in [-0.2, -0.15) is 0 Å². The first kappa shape index (κ1) is 83.2.